The number of nitrogens with zero attached hydrogens (tertiary/aromatic N) is 7. The Bertz CT molecular complexity index is 2940. The van der Waals surface area contributed by atoms with Crippen LogP contribution in [-0.2, 0) is 78.9 Å². The van der Waals surface area contributed by atoms with Gasteiger partial charge in [0.1, 0.15) is 66.5 Å². The molecule has 11 amide bonds. The highest BCUT2D eigenvalue weighted by atomic mass is 31.2. The van der Waals surface area contributed by atoms with Crippen LogP contribution >= 0.6 is 7.60 Å². The number of aliphatic hydroxyl groups is 2. The van der Waals surface area contributed by atoms with Gasteiger partial charge in [0.05, 0.1) is 18.9 Å². The predicted octanol–water partition coefficient (Wildman–Crippen LogP) is 4.20. The molecule has 0 aromatic heterocycles. The Kier molecular flexibility index (Phi) is 35.5. The van der Waals surface area contributed by atoms with Gasteiger partial charge in [0.2, 0.25) is 65.0 Å². The van der Waals surface area contributed by atoms with Gasteiger partial charge in [0.25, 0.3) is 0 Å². The third kappa shape index (κ3) is 23.4. The van der Waals surface area contributed by atoms with Crippen LogP contribution in [0.2, 0.25) is 0 Å². The van der Waals surface area contributed by atoms with Crippen molar-refractivity contribution in [1.82, 2.24) is 55.6 Å². The molecule has 556 valence electrons. The van der Waals surface area contributed by atoms with Gasteiger partial charge >= 0.3 is 7.60 Å². The average Bonchev–Trinajstić information content (AvgIpc) is 0.804. The number of carbonyl (C=O) groups is 11. The van der Waals surface area contributed by atoms with E-state index in [9.17, 15) is 34.0 Å². The van der Waals surface area contributed by atoms with Crippen LogP contribution < -0.4 is 21.3 Å². The van der Waals surface area contributed by atoms with E-state index in [1.165, 1.54) is 90.0 Å². The lowest BCUT2D eigenvalue weighted by atomic mass is 9.91. The van der Waals surface area contributed by atoms with Crippen molar-refractivity contribution in [3.8, 4) is 0 Å². The Hall–Kier alpha value is -6.80. The highest BCUT2D eigenvalue weighted by molar-refractivity contribution is 7.52. The zero-order valence-corrected chi connectivity index (χ0v) is 63.8. The van der Waals surface area contributed by atoms with Gasteiger partial charge in [0, 0.05) is 69.5 Å². The van der Waals surface area contributed by atoms with Crippen molar-refractivity contribution in [1.29, 1.82) is 0 Å². The molecule has 0 bridgehead atoms. The summed E-state index contributed by atoms with van der Waals surface area (Å²) in [5, 5.41) is 34.4. The fraction of sp³-hybridized carbons (Fsp3) is 0.729. The fourth-order valence-electron chi connectivity index (χ4n) is 12.2. The molecular weight excluding hydrogens is 1280 g/mol. The van der Waals surface area contributed by atoms with E-state index in [2.05, 4.69) is 21.3 Å². The lowest BCUT2D eigenvalue weighted by molar-refractivity contribution is -0.157. The molecule has 1 fully saturated rings. The Balaban J connectivity index is 3.15. The van der Waals surface area contributed by atoms with Crippen molar-refractivity contribution in [2.45, 2.75) is 228 Å². The van der Waals surface area contributed by atoms with Crippen molar-refractivity contribution < 1.29 is 76.6 Å². The number of rotatable bonds is 21. The van der Waals surface area contributed by atoms with Crippen molar-refractivity contribution >= 4 is 72.6 Å². The molecule has 13 atom stereocenters. The Morgan fingerprint density at radius 3 is 1.42 bits per heavy atom. The molecule has 1 aliphatic rings. The van der Waals surface area contributed by atoms with E-state index >= 15 is 33.6 Å². The maximum Gasteiger partial charge on any atom is 0.334 e. The van der Waals surface area contributed by atoms with Crippen LogP contribution in [0.15, 0.2) is 36.4 Å². The molecule has 6 N–H and O–H groups in total. The number of hydrogen-bond donors (Lipinski definition) is 6. The standard InChI is InChI=1S/C70H120N11O16P/c1-25-28-29-45(14)59(83)58-63(87)73-50(26-2)65(89)78(20)55(38-82)68(92)81(27-3)52(37-48-30-32-49(33-31-48)39-98(95,96-23)97-24)62(86)74-56(43(10)11)69(93)75(17)51(34-40(4)5)61(85)71-46(15)60(84)72-47(16)64(88)76(18)53(35-41(6)7)66(90)77(19)54(36-42(8)9)67(91)79(21)57(44(12)13)70(94)80(58)22/h25,28,30-33,40-47,50-59,82-83H,26-27,29,34-39H2,1-24H3,(H,71,85)(H,72,84)(H,73,87)(H,74,86)/b28-25+/t45-,46+,47-,50?,51+,52?,53+,54+,55?,56+,57+,58+,59-/m1/s1. The molecule has 0 radical (unpaired) electrons. The summed E-state index contributed by atoms with van der Waals surface area (Å²) in [5.41, 5.74) is 1.03. The van der Waals surface area contributed by atoms with Gasteiger partial charge in [-0.3, -0.25) is 57.3 Å². The number of likely N-dealkylation sites (N-methyl/N-ethyl adjacent to an activating group) is 7. The smallest absolute Gasteiger partial charge is 0.334 e. The normalized spacial score (nSPS) is 25.8. The summed E-state index contributed by atoms with van der Waals surface area (Å²) in [5.74, 6) is -11.1. The van der Waals surface area contributed by atoms with Gasteiger partial charge in [-0.05, 0) is 106 Å². The third-order valence-corrected chi connectivity index (χ3v) is 20.3. The molecule has 3 unspecified atom stereocenters. The van der Waals surface area contributed by atoms with Gasteiger partial charge in [0.15, 0.2) is 0 Å². The number of nitrogens with one attached hydrogen (secondary N) is 4. The van der Waals surface area contributed by atoms with Crippen molar-refractivity contribution in [2.75, 3.05) is 69.7 Å². The highest BCUT2D eigenvalue weighted by Gasteiger charge is 2.47. The molecule has 1 aromatic carbocycles. The van der Waals surface area contributed by atoms with Crippen molar-refractivity contribution in [3.05, 3.63) is 47.5 Å². The molecule has 0 saturated carbocycles. The minimum Gasteiger partial charge on any atom is -0.394 e. The topological polar surface area (TPSA) is 335 Å². The number of amides is 11. The first-order chi connectivity index (χ1) is 45.6. The maximum absolute atomic E-state index is 15.3. The molecule has 1 aliphatic heterocycles. The largest absolute Gasteiger partial charge is 0.394 e. The predicted molar refractivity (Wildman–Crippen MR) is 375 cm³/mol. The van der Waals surface area contributed by atoms with E-state index in [1.807, 2.05) is 41.5 Å². The zero-order chi connectivity index (χ0) is 75.3. The molecule has 28 heteroatoms. The summed E-state index contributed by atoms with van der Waals surface area (Å²) < 4.78 is 23.4. The summed E-state index contributed by atoms with van der Waals surface area (Å²) in [6.07, 6.45) is 2.10. The first-order valence-electron chi connectivity index (χ1n) is 34.4. The van der Waals surface area contributed by atoms with Gasteiger partial charge in [-0.25, -0.2) is 0 Å². The number of benzene rings is 1. The van der Waals surface area contributed by atoms with Crippen LogP contribution in [0.25, 0.3) is 0 Å². The second-order valence-corrected chi connectivity index (χ2v) is 30.5. The van der Waals surface area contributed by atoms with Crippen LogP contribution in [0.5, 0.6) is 0 Å². The van der Waals surface area contributed by atoms with Crippen molar-refractivity contribution in [2.24, 2.45) is 35.5 Å². The maximum atomic E-state index is 15.3. The van der Waals surface area contributed by atoms with E-state index < -0.39 is 169 Å². The first-order valence-corrected chi connectivity index (χ1v) is 36.1. The monoisotopic (exact) mass is 1400 g/mol. The fourth-order valence-corrected chi connectivity index (χ4v) is 13.3. The van der Waals surface area contributed by atoms with Gasteiger partial charge < -0.3 is 74.8 Å². The summed E-state index contributed by atoms with van der Waals surface area (Å²) >= 11 is 0. The molecule has 98 heavy (non-hydrogen) atoms. The molecular formula is C70H120N11O16P. The summed E-state index contributed by atoms with van der Waals surface area (Å²) in [6, 6.07) is -8.61. The minimum atomic E-state index is -3.53. The van der Waals surface area contributed by atoms with Crippen LogP contribution in [0.4, 0.5) is 0 Å². The molecule has 2 rings (SSSR count). The average molecular weight is 1400 g/mol. The van der Waals surface area contributed by atoms with E-state index in [4.69, 9.17) is 9.05 Å². The Labute approximate surface area is 583 Å². The van der Waals surface area contributed by atoms with Crippen LogP contribution in [-0.4, -0.2) is 252 Å². The molecule has 1 aromatic rings. The van der Waals surface area contributed by atoms with Gasteiger partial charge in [-0.2, -0.15) is 0 Å². The Morgan fingerprint density at radius 1 is 0.510 bits per heavy atom. The number of hydrogen-bond acceptors (Lipinski definition) is 16. The zero-order valence-electron chi connectivity index (χ0n) is 62.9. The molecule has 1 saturated heterocycles. The third-order valence-electron chi connectivity index (χ3n) is 18.4. The summed E-state index contributed by atoms with van der Waals surface area (Å²) in [6.45, 7) is 26.1. The second kappa shape index (κ2) is 39.9. The van der Waals surface area contributed by atoms with Crippen LogP contribution in [0, 0.1) is 35.5 Å². The van der Waals surface area contributed by atoms with E-state index in [0.717, 1.165) is 14.7 Å². The van der Waals surface area contributed by atoms with Crippen LogP contribution in [0.3, 0.4) is 0 Å². The van der Waals surface area contributed by atoms with E-state index in [0.29, 0.717) is 11.1 Å². The quantitative estimate of drug-likeness (QED) is 0.0742. The Morgan fingerprint density at radius 2 is 0.959 bits per heavy atom. The molecule has 0 spiro atoms. The molecule has 27 nitrogen and oxygen atoms in total. The molecule has 0 aliphatic carbocycles. The first kappa shape index (κ1) is 87.3. The molecule has 1 heterocycles. The van der Waals surface area contributed by atoms with E-state index in [1.54, 1.807) is 91.8 Å². The number of allylic oxidation sites excluding steroid dienone is 2. The van der Waals surface area contributed by atoms with Gasteiger partial charge in [-0.1, -0.05) is 120 Å². The lowest BCUT2D eigenvalue weighted by Gasteiger charge is -2.41. The second-order valence-electron chi connectivity index (χ2n) is 28.2. The summed E-state index contributed by atoms with van der Waals surface area (Å²) in [7, 11) is 7.21. The van der Waals surface area contributed by atoms with Crippen LogP contribution in [0.1, 0.15) is 154 Å². The summed E-state index contributed by atoms with van der Waals surface area (Å²) in [4.78, 5) is 172. The lowest BCUT2D eigenvalue weighted by Crippen LogP contribution is -2.64. The highest BCUT2D eigenvalue weighted by Crippen LogP contribution is 2.49. The van der Waals surface area contributed by atoms with Gasteiger partial charge in [-0.15, -0.1) is 0 Å². The number of aliphatic hydroxyl groups excluding tert-OH is 2. The minimum absolute atomic E-state index is 0.0882. The van der Waals surface area contributed by atoms with E-state index in [-0.39, 0.29) is 69.0 Å². The number of carbonyl (C=O) groups excluding carboxylic acids is 11. The SMILES string of the molecule is C/C=C/C[C@@H](C)[C@@H](O)[C@H]1C(=O)NC(CC)C(=O)N(C)C(CO)C(=O)N(CC)C(Cc2ccc(CP(=O)(OC)OC)cc2)C(=O)N[C@@H](C(C)C)C(=O)N(C)[C@@H](CC(C)C)C(=O)N[C@@H](C)C(=O)N[C@H](C)C(=O)N(C)[C@@H](CC(C)C)C(=O)N(C)[C@@H](CC(C)C)C(=O)N(C)[C@@H](C(C)C)C(=O)N1C. The van der Waals surface area contributed by atoms with Crippen molar-refractivity contribution in [3.63, 3.8) is 0 Å².